The van der Waals surface area contributed by atoms with E-state index in [9.17, 15) is 9.59 Å². The van der Waals surface area contributed by atoms with E-state index < -0.39 is 0 Å². The fourth-order valence-corrected chi connectivity index (χ4v) is 3.96. The Labute approximate surface area is 163 Å². The fraction of sp³-hybridized carbons (Fsp3) is 0.273. The topological polar surface area (TPSA) is 77.5 Å². The van der Waals surface area contributed by atoms with E-state index in [1.807, 2.05) is 37.4 Å². The number of rotatable bonds is 6. The van der Waals surface area contributed by atoms with Gasteiger partial charge in [0.05, 0.1) is 19.2 Å². The SMILES string of the molecule is COc1ccc2c3c(c4ccccc4cc13)C(=O)N(CCN(C)CC[NH3+])C2=O. The van der Waals surface area contributed by atoms with E-state index in [1.54, 1.807) is 19.2 Å². The number of methoxy groups -OCH3 is 1. The number of imide groups is 1. The molecule has 3 N–H and O–H groups in total. The van der Waals surface area contributed by atoms with Gasteiger partial charge in [-0.15, -0.1) is 0 Å². The molecule has 0 aromatic heterocycles. The first kappa shape index (κ1) is 18.4. The molecular weight excluding hydrogens is 354 g/mol. The molecule has 0 aliphatic carbocycles. The Hall–Kier alpha value is -2.96. The molecule has 0 radical (unpaired) electrons. The van der Waals surface area contributed by atoms with Crippen molar-refractivity contribution < 1.29 is 20.1 Å². The van der Waals surface area contributed by atoms with Crippen LogP contribution in [0.4, 0.5) is 0 Å². The molecule has 0 atom stereocenters. The monoisotopic (exact) mass is 378 g/mol. The summed E-state index contributed by atoms with van der Waals surface area (Å²) in [6.45, 7) is 2.57. The van der Waals surface area contributed by atoms with Crippen molar-refractivity contribution in [3.05, 3.63) is 53.6 Å². The minimum Gasteiger partial charge on any atom is -0.496 e. The normalized spacial score (nSPS) is 13.8. The molecule has 144 valence electrons. The summed E-state index contributed by atoms with van der Waals surface area (Å²) in [6, 6.07) is 13.3. The summed E-state index contributed by atoms with van der Waals surface area (Å²) in [5.74, 6) is 0.175. The lowest BCUT2D eigenvalue weighted by Crippen LogP contribution is -2.55. The Bertz CT molecular complexity index is 1090. The maximum absolute atomic E-state index is 13.4. The van der Waals surface area contributed by atoms with E-state index in [2.05, 4.69) is 10.6 Å². The van der Waals surface area contributed by atoms with Crippen molar-refractivity contribution in [2.24, 2.45) is 0 Å². The second-order valence-corrected chi connectivity index (χ2v) is 7.13. The van der Waals surface area contributed by atoms with Crippen LogP contribution in [0.25, 0.3) is 21.5 Å². The molecule has 4 rings (SSSR count). The number of hydrogen-bond donors (Lipinski definition) is 1. The van der Waals surface area contributed by atoms with Crippen LogP contribution in [0, 0.1) is 0 Å². The third-order valence-corrected chi connectivity index (χ3v) is 5.39. The molecule has 0 saturated heterocycles. The van der Waals surface area contributed by atoms with Gasteiger partial charge in [0, 0.05) is 36.0 Å². The third kappa shape index (κ3) is 2.82. The zero-order valence-electron chi connectivity index (χ0n) is 16.2. The smallest absolute Gasteiger partial charge is 0.262 e. The van der Waals surface area contributed by atoms with Gasteiger partial charge < -0.3 is 10.5 Å². The number of carbonyl (C=O) groups excluding carboxylic acids is 2. The molecule has 2 amide bonds. The molecule has 1 heterocycles. The quantitative estimate of drug-likeness (QED) is 0.524. The number of amides is 2. The fourth-order valence-electron chi connectivity index (χ4n) is 3.96. The molecule has 6 heteroatoms. The summed E-state index contributed by atoms with van der Waals surface area (Å²) in [5, 5.41) is 3.30. The van der Waals surface area contributed by atoms with Gasteiger partial charge in [-0.05, 0) is 36.0 Å². The van der Waals surface area contributed by atoms with Gasteiger partial charge in [0.2, 0.25) is 0 Å². The van der Waals surface area contributed by atoms with Crippen molar-refractivity contribution in [3.63, 3.8) is 0 Å². The zero-order valence-corrected chi connectivity index (χ0v) is 16.2. The summed E-state index contributed by atoms with van der Waals surface area (Å²) in [6.07, 6.45) is 0. The van der Waals surface area contributed by atoms with Gasteiger partial charge in [-0.3, -0.25) is 19.4 Å². The van der Waals surface area contributed by atoms with Gasteiger partial charge >= 0.3 is 0 Å². The van der Waals surface area contributed by atoms with E-state index in [4.69, 9.17) is 4.74 Å². The first-order valence-electron chi connectivity index (χ1n) is 9.43. The van der Waals surface area contributed by atoms with Crippen LogP contribution in [0.3, 0.4) is 0 Å². The molecule has 3 aromatic rings. The van der Waals surface area contributed by atoms with Crippen LogP contribution in [0.5, 0.6) is 5.75 Å². The minimum atomic E-state index is -0.247. The average Bonchev–Trinajstić information content (AvgIpc) is 2.70. The van der Waals surface area contributed by atoms with Crippen LogP contribution in [-0.4, -0.2) is 62.0 Å². The molecule has 6 nitrogen and oxygen atoms in total. The summed E-state index contributed by atoms with van der Waals surface area (Å²) in [4.78, 5) is 30.0. The summed E-state index contributed by atoms with van der Waals surface area (Å²) < 4.78 is 5.51. The van der Waals surface area contributed by atoms with Crippen LogP contribution in [0.15, 0.2) is 42.5 Å². The van der Waals surface area contributed by atoms with Crippen LogP contribution in [0.2, 0.25) is 0 Å². The molecular formula is C22H24N3O3+. The largest absolute Gasteiger partial charge is 0.496 e. The Morgan fingerprint density at radius 3 is 2.57 bits per heavy atom. The number of benzene rings is 3. The Kier molecular flexibility index (Phi) is 4.75. The average molecular weight is 378 g/mol. The van der Waals surface area contributed by atoms with Gasteiger partial charge in [0.1, 0.15) is 5.75 Å². The Balaban J connectivity index is 1.91. The molecule has 0 bridgehead atoms. The lowest BCUT2D eigenvalue weighted by Gasteiger charge is -2.30. The van der Waals surface area contributed by atoms with Crippen molar-refractivity contribution in [1.82, 2.24) is 9.80 Å². The van der Waals surface area contributed by atoms with Crippen LogP contribution < -0.4 is 10.5 Å². The van der Waals surface area contributed by atoms with Gasteiger partial charge in [-0.1, -0.05) is 24.3 Å². The van der Waals surface area contributed by atoms with Gasteiger partial charge in [-0.2, -0.15) is 0 Å². The summed E-state index contributed by atoms with van der Waals surface area (Å²) in [5.41, 5.74) is 4.99. The highest BCUT2D eigenvalue weighted by Crippen LogP contribution is 2.39. The maximum Gasteiger partial charge on any atom is 0.262 e. The third-order valence-electron chi connectivity index (χ3n) is 5.39. The predicted octanol–water partition coefficient (Wildman–Crippen LogP) is 1.77. The number of ether oxygens (including phenoxy) is 1. The lowest BCUT2D eigenvalue weighted by molar-refractivity contribution is -0.368. The summed E-state index contributed by atoms with van der Waals surface area (Å²) in [7, 11) is 3.57. The highest BCUT2D eigenvalue weighted by atomic mass is 16.5. The van der Waals surface area contributed by atoms with Gasteiger partial charge in [0.25, 0.3) is 11.8 Å². The molecule has 28 heavy (non-hydrogen) atoms. The second kappa shape index (κ2) is 7.22. The first-order chi connectivity index (χ1) is 13.6. The van der Waals surface area contributed by atoms with E-state index in [0.29, 0.717) is 35.4 Å². The van der Waals surface area contributed by atoms with Crippen molar-refractivity contribution >= 4 is 33.4 Å². The number of nitrogens with zero attached hydrogens (tertiary/aromatic N) is 2. The molecule has 1 aliphatic rings. The molecule has 3 aromatic carbocycles. The van der Waals surface area contributed by atoms with Crippen molar-refractivity contribution in [2.45, 2.75) is 0 Å². The molecule has 0 unspecified atom stereocenters. The predicted molar refractivity (Wildman–Crippen MR) is 109 cm³/mol. The second-order valence-electron chi connectivity index (χ2n) is 7.13. The lowest BCUT2D eigenvalue weighted by atomic mass is 9.89. The highest BCUT2D eigenvalue weighted by molar-refractivity contribution is 6.31. The van der Waals surface area contributed by atoms with E-state index >= 15 is 0 Å². The van der Waals surface area contributed by atoms with Crippen LogP contribution in [-0.2, 0) is 0 Å². The van der Waals surface area contributed by atoms with E-state index in [-0.39, 0.29) is 11.8 Å². The molecule has 0 saturated carbocycles. The molecule has 0 spiro atoms. The van der Waals surface area contributed by atoms with Crippen LogP contribution >= 0.6 is 0 Å². The minimum absolute atomic E-state index is 0.240. The number of fused-ring (bicyclic) bond motifs is 2. The van der Waals surface area contributed by atoms with Crippen molar-refractivity contribution in [2.75, 3.05) is 40.3 Å². The van der Waals surface area contributed by atoms with Gasteiger partial charge in [0.15, 0.2) is 0 Å². The molecule has 1 aliphatic heterocycles. The van der Waals surface area contributed by atoms with Crippen molar-refractivity contribution in [1.29, 1.82) is 0 Å². The number of likely N-dealkylation sites (N-methyl/N-ethyl adjacent to an activating group) is 1. The first-order valence-corrected chi connectivity index (χ1v) is 9.43. The van der Waals surface area contributed by atoms with Crippen LogP contribution in [0.1, 0.15) is 20.7 Å². The van der Waals surface area contributed by atoms with E-state index in [0.717, 1.165) is 29.2 Å². The highest BCUT2D eigenvalue weighted by Gasteiger charge is 2.34. The number of quaternary nitrogens is 1. The summed E-state index contributed by atoms with van der Waals surface area (Å²) >= 11 is 0. The van der Waals surface area contributed by atoms with E-state index in [1.165, 1.54) is 4.90 Å². The Morgan fingerprint density at radius 2 is 1.82 bits per heavy atom. The standard InChI is InChI=1S/C22H23N3O3/c1-24(10-9-23)11-12-25-21(26)16-7-8-18(28-2)17-13-14-5-3-4-6-15(14)20(19(16)17)22(25)27/h3-8,13H,9-12,23H2,1-2H3/p+1. The van der Waals surface area contributed by atoms with Crippen molar-refractivity contribution in [3.8, 4) is 5.75 Å². The molecule has 0 fully saturated rings. The zero-order chi connectivity index (χ0) is 19.8. The number of carbonyl (C=O) groups is 2. The Morgan fingerprint density at radius 1 is 1.04 bits per heavy atom. The van der Waals surface area contributed by atoms with Gasteiger partial charge in [-0.25, -0.2) is 0 Å². The maximum atomic E-state index is 13.4. The number of hydrogen-bond acceptors (Lipinski definition) is 4.